The van der Waals surface area contributed by atoms with E-state index in [-0.39, 0.29) is 11.4 Å². The SMILES string of the molecule is COc1ccc(OC)c(NC(=O)c2cccc(C(=O)Nc3ccc(C)cc3)n2)c1. The van der Waals surface area contributed by atoms with Crippen molar-refractivity contribution >= 4 is 23.2 Å². The van der Waals surface area contributed by atoms with Gasteiger partial charge in [0.15, 0.2) is 0 Å². The number of anilines is 2. The van der Waals surface area contributed by atoms with Gasteiger partial charge in [-0.15, -0.1) is 0 Å². The third-order valence-electron chi connectivity index (χ3n) is 4.18. The van der Waals surface area contributed by atoms with Gasteiger partial charge in [-0.25, -0.2) is 4.98 Å². The fraction of sp³-hybridized carbons (Fsp3) is 0.136. The first-order chi connectivity index (χ1) is 14.0. The van der Waals surface area contributed by atoms with Crippen molar-refractivity contribution < 1.29 is 19.1 Å². The first kappa shape index (κ1) is 19.9. The van der Waals surface area contributed by atoms with Crippen LogP contribution in [-0.4, -0.2) is 31.0 Å². The highest BCUT2D eigenvalue weighted by Gasteiger charge is 2.15. The Balaban J connectivity index is 1.77. The third kappa shape index (κ3) is 4.90. The number of aryl methyl sites for hydroxylation is 1. The summed E-state index contributed by atoms with van der Waals surface area (Å²) in [4.78, 5) is 29.3. The number of methoxy groups -OCH3 is 2. The molecule has 0 atom stereocenters. The van der Waals surface area contributed by atoms with E-state index in [2.05, 4.69) is 15.6 Å². The van der Waals surface area contributed by atoms with Crippen LogP contribution in [0.5, 0.6) is 11.5 Å². The van der Waals surface area contributed by atoms with Crippen LogP contribution < -0.4 is 20.1 Å². The van der Waals surface area contributed by atoms with Crippen molar-refractivity contribution in [2.75, 3.05) is 24.9 Å². The third-order valence-corrected chi connectivity index (χ3v) is 4.18. The Hall–Kier alpha value is -3.87. The van der Waals surface area contributed by atoms with Gasteiger partial charge in [-0.2, -0.15) is 0 Å². The van der Waals surface area contributed by atoms with Gasteiger partial charge in [-0.1, -0.05) is 23.8 Å². The van der Waals surface area contributed by atoms with Gasteiger partial charge in [0.05, 0.1) is 19.9 Å². The molecule has 0 bridgehead atoms. The molecule has 0 aliphatic rings. The lowest BCUT2D eigenvalue weighted by molar-refractivity contribution is 0.101. The smallest absolute Gasteiger partial charge is 0.274 e. The molecule has 0 saturated heterocycles. The summed E-state index contributed by atoms with van der Waals surface area (Å²) >= 11 is 0. The minimum atomic E-state index is -0.471. The lowest BCUT2D eigenvalue weighted by atomic mass is 10.2. The molecular weight excluding hydrogens is 370 g/mol. The van der Waals surface area contributed by atoms with Crippen LogP contribution in [0, 0.1) is 6.92 Å². The molecule has 0 radical (unpaired) electrons. The normalized spacial score (nSPS) is 10.2. The molecule has 2 N–H and O–H groups in total. The second-order valence-corrected chi connectivity index (χ2v) is 6.25. The summed E-state index contributed by atoms with van der Waals surface area (Å²) in [5, 5.41) is 5.50. The van der Waals surface area contributed by atoms with Gasteiger partial charge in [0.25, 0.3) is 11.8 Å². The maximum atomic E-state index is 12.7. The lowest BCUT2D eigenvalue weighted by Crippen LogP contribution is -2.18. The van der Waals surface area contributed by atoms with Gasteiger partial charge in [0.2, 0.25) is 0 Å². The molecule has 0 aliphatic heterocycles. The molecule has 2 amide bonds. The van der Waals surface area contributed by atoms with Gasteiger partial charge in [-0.3, -0.25) is 9.59 Å². The number of nitrogens with zero attached hydrogens (tertiary/aromatic N) is 1. The predicted octanol–water partition coefficient (Wildman–Crippen LogP) is 3.91. The Labute approximate surface area is 168 Å². The predicted molar refractivity (Wildman–Crippen MR) is 111 cm³/mol. The number of carbonyl (C=O) groups is 2. The molecule has 0 unspecified atom stereocenters. The molecule has 2 aromatic carbocycles. The Kier molecular flexibility index (Phi) is 6.09. The highest BCUT2D eigenvalue weighted by molar-refractivity contribution is 6.06. The van der Waals surface area contributed by atoms with Gasteiger partial charge >= 0.3 is 0 Å². The number of hydrogen-bond acceptors (Lipinski definition) is 5. The summed E-state index contributed by atoms with van der Waals surface area (Å²) in [6.45, 7) is 1.96. The number of pyridine rings is 1. The van der Waals surface area contributed by atoms with Crippen molar-refractivity contribution in [2.24, 2.45) is 0 Å². The zero-order valence-electron chi connectivity index (χ0n) is 16.4. The minimum absolute atomic E-state index is 0.103. The van der Waals surface area contributed by atoms with E-state index >= 15 is 0 Å². The van der Waals surface area contributed by atoms with Gasteiger partial charge in [0.1, 0.15) is 22.9 Å². The van der Waals surface area contributed by atoms with Crippen molar-refractivity contribution in [3.8, 4) is 11.5 Å². The second-order valence-electron chi connectivity index (χ2n) is 6.25. The van der Waals surface area contributed by atoms with Crippen molar-refractivity contribution in [1.29, 1.82) is 0 Å². The van der Waals surface area contributed by atoms with Crippen molar-refractivity contribution in [3.05, 3.63) is 77.6 Å². The quantitative estimate of drug-likeness (QED) is 0.665. The number of rotatable bonds is 6. The van der Waals surface area contributed by atoms with E-state index in [1.54, 1.807) is 42.5 Å². The molecule has 148 valence electrons. The zero-order valence-corrected chi connectivity index (χ0v) is 16.4. The molecule has 0 aliphatic carbocycles. The number of nitrogens with one attached hydrogen (secondary N) is 2. The molecule has 7 nitrogen and oxygen atoms in total. The zero-order chi connectivity index (χ0) is 20.8. The monoisotopic (exact) mass is 391 g/mol. The number of benzene rings is 2. The van der Waals surface area contributed by atoms with E-state index in [9.17, 15) is 9.59 Å². The number of carbonyl (C=O) groups excluding carboxylic acids is 2. The highest BCUT2D eigenvalue weighted by Crippen LogP contribution is 2.29. The van der Waals surface area contributed by atoms with Crippen molar-refractivity contribution in [2.45, 2.75) is 6.92 Å². The summed E-state index contributed by atoms with van der Waals surface area (Å²) in [5.41, 5.74) is 2.42. The Morgan fingerprint density at radius 3 is 2.10 bits per heavy atom. The summed E-state index contributed by atoms with van der Waals surface area (Å²) < 4.78 is 10.4. The van der Waals surface area contributed by atoms with Crippen LogP contribution in [-0.2, 0) is 0 Å². The van der Waals surface area contributed by atoms with Crippen LogP contribution in [0.25, 0.3) is 0 Å². The van der Waals surface area contributed by atoms with E-state index in [1.807, 2.05) is 19.1 Å². The van der Waals surface area contributed by atoms with Crippen LogP contribution in [0.1, 0.15) is 26.5 Å². The molecule has 29 heavy (non-hydrogen) atoms. The van der Waals surface area contributed by atoms with E-state index in [1.165, 1.54) is 20.3 Å². The molecular formula is C22H21N3O4. The summed E-state index contributed by atoms with van der Waals surface area (Å²) in [5.74, 6) is 0.178. The first-order valence-corrected chi connectivity index (χ1v) is 8.88. The van der Waals surface area contributed by atoms with E-state index in [0.29, 0.717) is 22.9 Å². The summed E-state index contributed by atoms with van der Waals surface area (Å²) in [7, 11) is 3.04. The average molecular weight is 391 g/mol. The number of hydrogen-bond donors (Lipinski definition) is 2. The number of amides is 2. The molecule has 1 heterocycles. The maximum Gasteiger partial charge on any atom is 0.274 e. The molecule has 0 spiro atoms. The molecule has 0 saturated carbocycles. The molecule has 1 aromatic heterocycles. The van der Waals surface area contributed by atoms with Gasteiger partial charge in [0, 0.05) is 11.8 Å². The average Bonchev–Trinajstić information content (AvgIpc) is 2.75. The molecule has 3 aromatic rings. The van der Waals surface area contributed by atoms with Crippen LogP contribution in [0.15, 0.2) is 60.7 Å². The Bertz CT molecular complexity index is 1030. The van der Waals surface area contributed by atoms with Crippen molar-refractivity contribution in [3.63, 3.8) is 0 Å². The number of ether oxygens (including phenoxy) is 2. The molecule has 3 rings (SSSR count). The Morgan fingerprint density at radius 1 is 0.828 bits per heavy atom. The summed E-state index contributed by atoms with van der Waals surface area (Å²) in [6.07, 6.45) is 0. The van der Waals surface area contributed by atoms with Crippen molar-refractivity contribution in [1.82, 2.24) is 4.98 Å². The van der Waals surface area contributed by atoms with Crippen LogP contribution in [0.4, 0.5) is 11.4 Å². The largest absolute Gasteiger partial charge is 0.497 e. The standard InChI is InChI=1S/C22H21N3O4/c1-14-7-9-15(10-8-14)23-21(26)17-5-4-6-18(24-17)22(27)25-19-13-16(28-2)11-12-20(19)29-3/h4-13H,1-3H3,(H,23,26)(H,25,27). The van der Waals surface area contributed by atoms with Crippen LogP contribution in [0.2, 0.25) is 0 Å². The van der Waals surface area contributed by atoms with E-state index in [0.717, 1.165) is 5.56 Å². The topological polar surface area (TPSA) is 89.5 Å². The highest BCUT2D eigenvalue weighted by atomic mass is 16.5. The fourth-order valence-electron chi connectivity index (χ4n) is 2.62. The fourth-order valence-corrected chi connectivity index (χ4v) is 2.62. The van der Waals surface area contributed by atoms with Crippen LogP contribution in [0.3, 0.4) is 0 Å². The minimum Gasteiger partial charge on any atom is -0.497 e. The molecule has 0 fully saturated rings. The van der Waals surface area contributed by atoms with Gasteiger partial charge in [-0.05, 0) is 43.3 Å². The van der Waals surface area contributed by atoms with E-state index in [4.69, 9.17) is 9.47 Å². The molecule has 7 heteroatoms. The number of aromatic nitrogens is 1. The Morgan fingerprint density at radius 2 is 1.48 bits per heavy atom. The van der Waals surface area contributed by atoms with Gasteiger partial charge < -0.3 is 20.1 Å². The lowest BCUT2D eigenvalue weighted by Gasteiger charge is -2.12. The maximum absolute atomic E-state index is 12.7. The van der Waals surface area contributed by atoms with E-state index < -0.39 is 11.8 Å². The first-order valence-electron chi connectivity index (χ1n) is 8.88. The summed E-state index contributed by atoms with van der Waals surface area (Å²) in [6, 6.07) is 17.1. The second kappa shape index (κ2) is 8.88. The van der Waals surface area contributed by atoms with Crippen LogP contribution >= 0.6 is 0 Å².